The van der Waals surface area contributed by atoms with Gasteiger partial charge in [0, 0.05) is 12.7 Å². The van der Waals surface area contributed by atoms with E-state index in [2.05, 4.69) is 10.3 Å². The Bertz CT molecular complexity index is 898. The van der Waals surface area contributed by atoms with Crippen LogP contribution in [0.15, 0.2) is 54.2 Å². The van der Waals surface area contributed by atoms with E-state index in [1.54, 1.807) is 12.1 Å². The summed E-state index contributed by atoms with van der Waals surface area (Å²) in [5, 5.41) is 11.5. The number of ether oxygens (including phenoxy) is 2. The summed E-state index contributed by atoms with van der Waals surface area (Å²) in [6.07, 6.45) is 5.41. The molecule has 0 spiro atoms. The van der Waals surface area contributed by atoms with Crippen LogP contribution in [0.2, 0.25) is 0 Å². The second-order valence-electron chi connectivity index (χ2n) is 6.56. The van der Waals surface area contributed by atoms with Gasteiger partial charge in [-0.1, -0.05) is 11.6 Å². The highest BCUT2D eigenvalue weighted by Crippen LogP contribution is 2.24. The van der Waals surface area contributed by atoms with E-state index < -0.39 is 5.97 Å². The molecule has 1 unspecified atom stereocenters. The van der Waals surface area contributed by atoms with Gasteiger partial charge in [0.2, 0.25) is 5.88 Å². The zero-order valence-electron chi connectivity index (χ0n) is 15.6. The number of aromatic nitrogens is 1. The minimum absolute atomic E-state index is 0.111. The molecule has 0 saturated carbocycles. The molecule has 1 heterocycles. The van der Waals surface area contributed by atoms with Gasteiger partial charge >= 0.3 is 5.97 Å². The van der Waals surface area contributed by atoms with Crippen molar-refractivity contribution in [2.75, 3.05) is 13.2 Å². The Kier molecular flexibility index (Phi) is 6.91. The summed E-state index contributed by atoms with van der Waals surface area (Å²) in [4.78, 5) is 27.2. The summed E-state index contributed by atoms with van der Waals surface area (Å²) < 4.78 is 23.9. The molecule has 1 atom stereocenters. The van der Waals surface area contributed by atoms with Crippen LogP contribution in [0, 0.1) is 5.82 Å². The number of carboxylic acids is 1. The summed E-state index contributed by atoms with van der Waals surface area (Å²) in [5.41, 5.74) is 1.33. The van der Waals surface area contributed by atoms with Gasteiger partial charge in [-0.15, -0.1) is 0 Å². The quantitative estimate of drug-likeness (QED) is 0.660. The van der Waals surface area contributed by atoms with Crippen LogP contribution in [0.25, 0.3) is 0 Å². The average molecular weight is 400 g/mol. The lowest BCUT2D eigenvalue weighted by Crippen LogP contribution is -2.28. The molecular weight excluding hydrogens is 379 g/mol. The number of carbonyl (C=O) groups is 2. The van der Waals surface area contributed by atoms with Crippen LogP contribution in [-0.4, -0.2) is 41.2 Å². The third kappa shape index (κ3) is 6.11. The SMILES string of the molecule is O=C(O)COC1CC=C(CNC(=O)c2cccnc2Oc2ccc(F)cc2)CC1. The van der Waals surface area contributed by atoms with Crippen molar-refractivity contribution in [2.24, 2.45) is 0 Å². The number of hydrogen-bond donors (Lipinski definition) is 2. The first-order valence-electron chi connectivity index (χ1n) is 9.19. The summed E-state index contributed by atoms with van der Waals surface area (Å²) in [6, 6.07) is 8.69. The molecule has 3 rings (SSSR count). The molecule has 1 aliphatic carbocycles. The first kappa shape index (κ1) is 20.5. The molecule has 29 heavy (non-hydrogen) atoms. The summed E-state index contributed by atoms with van der Waals surface area (Å²) in [5.74, 6) is -1.19. The number of hydrogen-bond acceptors (Lipinski definition) is 5. The first-order valence-corrected chi connectivity index (χ1v) is 9.19. The maximum atomic E-state index is 13.0. The predicted octanol–water partition coefficient (Wildman–Crippen LogP) is 3.32. The van der Waals surface area contributed by atoms with Crippen LogP contribution in [-0.2, 0) is 9.53 Å². The number of nitrogens with one attached hydrogen (secondary N) is 1. The van der Waals surface area contributed by atoms with E-state index in [-0.39, 0.29) is 35.9 Å². The van der Waals surface area contributed by atoms with Gasteiger partial charge in [0.15, 0.2) is 0 Å². The first-order chi connectivity index (χ1) is 14.0. The van der Waals surface area contributed by atoms with Gasteiger partial charge in [-0.3, -0.25) is 4.79 Å². The molecule has 1 aromatic heterocycles. The topological polar surface area (TPSA) is 97.8 Å². The number of rotatable bonds is 8. The molecule has 0 saturated heterocycles. The summed E-state index contributed by atoms with van der Waals surface area (Å²) in [7, 11) is 0. The largest absolute Gasteiger partial charge is 0.480 e. The fourth-order valence-corrected chi connectivity index (χ4v) is 2.91. The van der Waals surface area contributed by atoms with E-state index in [0.717, 1.165) is 12.0 Å². The van der Waals surface area contributed by atoms with Gasteiger partial charge in [0.1, 0.15) is 23.7 Å². The number of pyridine rings is 1. The van der Waals surface area contributed by atoms with Crippen molar-refractivity contribution < 1.29 is 28.6 Å². The highest BCUT2D eigenvalue weighted by molar-refractivity contribution is 5.96. The standard InChI is InChI=1S/C21H21FN2O5/c22-15-5-9-17(10-6-15)29-21-18(2-1-11-23-21)20(27)24-12-14-3-7-16(8-4-14)28-13-19(25)26/h1-3,5-6,9-11,16H,4,7-8,12-13H2,(H,24,27)(H,25,26). The van der Waals surface area contributed by atoms with Gasteiger partial charge in [0.05, 0.1) is 6.10 Å². The minimum atomic E-state index is -0.984. The van der Waals surface area contributed by atoms with Crippen molar-refractivity contribution in [1.29, 1.82) is 0 Å². The molecule has 8 heteroatoms. The molecule has 1 aromatic carbocycles. The molecule has 0 radical (unpaired) electrons. The van der Waals surface area contributed by atoms with Gasteiger partial charge in [-0.25, -0.2) is 14.2 Å². The molecule has 2 aromatic rings. The fourth-order valence-electron chi connectivity index (χ4n) is 2.91. The molecule has 0 aliphatic heterocycles. The van der Waals surface area contributed by atoms with Crippen molar-refractivity contribution in [2.45, 2.75) is 25.4 Å². The van der Waals surface area contributed by atoms with Crippen molar-refractivity contribution in [3.8, 4) is 11.6 Å². The lowest BCUT2D eigenvalue weighted by molar-refractivity contribution is -0.144. The zero-order valence-corrected chi connectivity index (χ0v) is 15.6. The number of halogens is 1. The Morgan fingerprint density at radius 2 is 2.03 bits per heavy atom. The highest BCUT2D eigenvalue weighted by Gasteiger charge is 2.18. The Morgan fingerprint density at radius 3 is 2.72 bits per heavy atom. The molecule has 0 bridgehead atoms. The molecule has 152 valence electrons. The predicted molar refractivity (Wildman–Crippen MR) is 102 cm³/mol. The van der Waals surface area contributed by atoms with Gasteiger partial charge < -0.3 is 19.9 Å². The van der Waals surface area contributed by atoms with E-state index in [1.807, 2.05) is 6.08 Å². The number of amides is 1. The molecule has 1 aliphatic rings. The molecule has 7 nitrogen and oxygen atoms in total. The van der Waals surface area contributed by atoms with Crippen molar-refractivity contribution in [3.05, 3.63) is 65.6 Å². The number of aliphatic carboxylic acids is 1. The van der Waals surface area contributed by atoms with Crippen LogP contribution < -0.4 is 10.1 Å². The second kappa shape index (κ2) is 9.79. The highest BCUT2D eigenvalue weighted by atomic mass is 19.1. The monoisotopic (exact) mass is 400 g/mol. The maximum absolute atomic E-state index is 13.0. The maximum Gasteiger partial charge on any atom is 0.329 e. The van der Waals surface area contributed by atoms with Crippen LogP contribution in [0.3, 0.4) is 0 Å². The van der Waals surface area contributed by atoms with E-state index in [0.29, 0.717) is 25.1 Å². The van der Waals surface area contributed by atoms with Crippen molar-refractivity contribution in [1.82, 2.24) is 10.3 Å². The summed E-state index contributed by atoms with van der Waals surface area (Å²) >= 11 is 0. The normalized spacial score (nSPS) is 16.0. The Labute approximate surface area is 167 Å². The molecule has 0 fully saturated rings. The van der Waals surface area contributed by atoms with Gasteiger partial charge in [-0.05, 0) is 55.7 Å². The van der Waals surface area contributed by atoms with E-state index in [4.69, 9.17) is 14.6 Å². The van der Waals surface area contributed by atoms with Crippen LogP contribution in [0.1, 0.15) is 29.6 Å². The lowest BCUT2D eigenvalue weighted by atomic mass is 9.97. The molecule has 2 N–H and O–H groups in total. The number of benzene rings is 1. The fraction of sp³-hybridized carbons (Fsp3) is 0.286. The van der Waals surface area contributed by atoms with E-state index >= 15 is 0 Å². The van der Waals surface area contributed by atoms with Crippen molar-refractivity contribution in [3.63, 3.8) is 0 Å². The average Bonchev–Trinajstić information content (AvgIpc) is 2.73. The van der Waals surface area contributed by atoms with Crippen molar-refractivity contribution >= 4 is 11.9 Å². The summed E-state index contributed by atoms with van der Waals surface area (Å²) in [6.45, 7) is 0.0672. The number of nitrogens with zero attached hydrogens (tertiary/aromatic N) is 1. The van der Waals surface area contributed by atoms with Crippen LogP contribution >= 0.6 is 0 Å². The molecular formula is C21H21FN2O5. The van der Waals surface area contributed by atoms with E-state index in [9.17, 15) is 14.0 Å². The Balaban J connectivity index is 1.56. The van der Waals surface area contributed by atoms with Gasteiger partial charge in [-0.2, -0.15) is 0 Å². The second-order valence-corrected chi connectivity index (χ2v) is 6.56. The van der Waals surface area contributed by atoms with Gasteiger partial charge in [0.25, 0.3) is 5.91 Å². The number of carbonyl (C=O) groups excluding carboxylic acids is 1. The zero-order chi connectivity index (χ0) is 20.6. The lowest BCUT2D eigenvalue weighted by Gasteiger charge is -2.22. The number of carboxylic acid groups (broad SMARTS) is 1. The Morgan fingerprint density at radius 1 is 1.24 bits per heavy atom. The third-order valence-corrected chi connectivity index (χ3v) is 4.42. The van der Waals surface area contributed by atoms with Crippen LogP contribution in [0.5, 0.6) is 11.6 Å². The van der Waals surface area contributed by atoms with E-state index in [1.165, 1.54) is 30.5 Å². The Hall–Kier alpha value is -3.26. The van der Waals surface area contributed by atoms with Crippen LogP contribution in [0.4, 0.5) is 4.39 Å². The smallest absolute Gasteiger partial charge is 0.329 e. The molecule has 1 amide bonds. The third-order valence-electron chi connectivity index (χ3n) is 4.42. The minimum Gasteiger partial charge on any atom is -0.480 e.